The molecule has 0 saturated carbocycles. The first-order valence-electron chi connectivity index (χ1n) is 4.25. The number of aryl methyl sites for hydroxylation is 1. The summed E-state index contributed by atoms with van der Waals surface area (Å²) in [5.41, 5.74) is 0.0337. The van der Waals surface area contributed by atoms with E-state index in [1.807, 2.05) is 0 Å². The van der Waals surface area contributed by atoms with E-state index in [1.165, 1.54) is 12.1 Å². The highest BCUT2D eigenvalue weighted by Gasteiger charge is 2.34. The van der Waals surface area contributed by atoms with Crippen LogP contribution in [0.5, 0.6) is 5.75 Å². The molecule has 4 heteroatoms. The smallest absolute Gasteiger partial charge is 0.419 e. The first kappa shape index (κ1) is 10.9. The molecule has 0 aliphatic heterocycles. The highest BCUT2D eigenvalue weighted by atomic mass is 19.4. The molecular formula is C10H11F3O. The number of hydrogen-bond donors (Lipinski definition) is 0. The maximum absolute atomic E-state index is 12.4. The quantitative estimate of drug-likeness (QED) is 0.717. The summed E-state index contributed by atoms with van der Waals surface area (Å²) in [6, 6.07) is 3.86. The first-order chi connectivity index (χ1) is 6.45. The van der Waals surface area contributed by atoms with Crippen molar-refractivity contribution in [3.63, 3.8) is 0 Å². The van der Waals surface area contributed by atoms with Crippen LogP contribution in [0.25, 0.3) is 0 Å². The third-order valence-corrected chi connectivity index (χ3v) is 1.74. The average molecular weight is 204 g/mol. The van der Waals surface area contributed by atoms with Gasteiger partial charge in [-0.1, -0.05) is 6.07 Å². The third kappa shape index (κ3) is 2.40. The Hall–Kier alpha value is -1.19. The molecule has 0 heterocycles. The van der Waals surface area contributed by atoms with E-state index >= 15 is 0 Å². The number of halogens is 3. The second-order valence-electron chi connectivity index (χ2n) is 2.93. The normalized spacial score (nSPS) is 11.5. The van der Waals surface area contributed by atoms with E-state index in [2.05, 4.69) is 0 Å². The summed E-state index contributed by atoms with van der Waals surface area (Å²) >= 11 is 0. The molecule has 0 unspecified atom stereocenters. The van der Waals surface area contributed by atoms with Gasteiger partial charge in [-0.15, -0.1) is 0 Å². The van der Waals surface area contributed by atoms with Crippen LogP contribution in [-0.2, 0) is 6.18 Å². The van der Waals surface area contributed by atoms with Gasteiger partial charge in [0.25, 0.3) is 0 Å². The Bertz CT molecular complexity index is 318. The van der Waals surface area contributed by atoms with Crippen molar-refractivity contribution in [3.05, 3.63) is 29.3 Å². The van der Waals surface area contributed by atoms with Crippen molar-refractivity contribution >= 4 is 0 Å². The zero-order valence-corrected chi connectivity index (χ0v) is 7.98. The summed E-state index contributed by atoms with van der Waals surface area (Å²) in [6.45, 7) is 3.61. The molecule has 0 aromatic heterocycles. The van der Waals surface area contributed by atoms with Crippen LogP contribution < -0.4 is 4.74 Å². The minimum absolute atomic E-state index is 0.0972. The van der Waals surface area contributed by atoms with Gasteiger partial charge in [-0.3, -0.25) is 0 Å². The molecule has 14 heavy (non-hydrogen) atoms. The molecule has 1 rings (SSSR count). The second kappa shape index (κ2) is 3.90. The minimum atomic E-state index is -4.35. The molecule has 0 aliphatic carbocycles. The van der Waals surface area contributed by atoms with E-state index in [0.29, 0.717) is 0 Å². The van der Waals surface area contributed by atoms with E-state index in [9.17, 15) is 13.2 Å². The molecule has 0 fully saturated rings. The SMILES string of the molecule is CCOc1cc(C)ccc1C(F)(F)F. The highest BCUT2D eigenvalue weighted by Crippen LogP contribution is 2.36. The van der Waals surface area contributed by atoms with Gasteiger partial charge < -0.3 is 4.74 Å². The van der Waals surface area contributed by atoms with Crippen LogP contribution in [0.3, 0.4) is 0 Å². The summed E-state index contributed by atoms with van der Waals surface area (Å²) in [5.74, 6) is -0.0972. The summed E-state index contributed by atoms with van der Waals surface area (Å²) in [7, 11) is 0. The van der Waals surface area contributed by atoms with Gasteiger partial charge in [-0.25, -0.2) is 0 Å². The molecule has 0 spiro atoms. The number of hydrogen-bond acceptors (Lipinski definition) is 1. The summed E-state index contributed by atoms with van der Waals surface area (Å²) < 4.78 is 42.2. The lowest BCUT2D eigenvalue weighted by molar-refractivity contribution is -0.138. The van der Waals surface area contributed by atoms with E-state index < -0.39 is 11.7 Å². The van der Waals surface area contributed by atoms with Crippen LogP contribution in [0.2, 0.25) is 0 Å². The van der Waals surface area contributed by atoms with Crippen molar-refractivity contribution in [2.24, 2.45) is 0 Å². The van der Waals surface area contributed by atoms with Crippen LogP contribution in [0.1, 0.15) is 18.1 Å². The number of ether oxygens (including phenoxy) is 1. The van der Waals surface area contributed by atoms with Crippen LogP contribution in [0.4, 0.5) is 13.2 Å². The molecule has 1 aromatic carbocycles. The average Bonchev–Trinajstić information content (AvgIpc) is 2.02. The minimum Gasteiger partial charge on any atom is -0.493 e. The van der Waals surface area contributed by atoms with Gasteiger partial charge in [0.1, 0.15) is 5.75 Å². The molecule has 1 nitrogen and oxygen atoms in total. The van der Waals surface area contributed by atoms with Crippen molar-refractivity contribution < 1.29 is 17.9 Å². The van der Waals surface area contributed by atoms with Crippen molar-refractivity contribution in [1.82, 2.24) is 0 Å². The van der Waals surface area contributed by atoms with Crippen molar-refractivity contribution in [2.75, 3.05) is 6.61 Å². The van der Waals surface area contributed by atoms with Crippen molar-refractivity contribution in [1.29, 1.82) is 0 Å². The largest absolute Gasteiger partial charge is 0.493 e. The number of rotatable bonds is 2. The standard InChI is InChI=1S/C10H11F3O/c1-3-14-9-6-7(2)4-5-8(9)10(11,12)13/h4-6H,3H2,1-2H3. The molecule has 0 atom stereocenters. The van der Waals surface area contributed by atoms with Gasteiger partial charge in [0.15, 0.2) is 0 Å². The molecular weight excluding hydrogens is 193 g/mol. The summed E-state index contributed by atoms with van der Waals surface area (Å²) in [6.07, 6.45) is -4.35. The number of alkyl halides is 3. The second-order valence-corrected chi connectivity index (χ2v) is 2.93. The third-order valence-electron chi connectivity index (χ3n) is 1.74. The van der Waals surface area contributed by atoms with E-state index in [0.717, 1.165) is 11.6 Å². The fourth-order valence-corrected chi connectivity index (χ4v) is 1.14. The van der Waals surface area contributed by atoms with Gasteiger partial charge in [-0.2, -0.15) is 13.2 Å². The Morgan fingerprint density at radius 3 is 2.43 bits per heavy atom. The molecule has 78 valence electrons. The first-order valence-corrected chi connectivity index (χ1v) is 4.25. The van der Waals surface area contributed by atoms with Gasteiger partial charge in [0.2, 0.25) is 0 Å². The zero-order valence-electron chi connectivity index (χ0n) is 7.98. The predicted molar refractivity (Wildman–Crippen MR) is 47.4 cm³/mol. The molecule has 0 saturated heterocycles. The lowest BCUT2D eigenvalue weighted by atomic mass is 10.1. The molecule has 0 aliphatic rings. The van der Waals surface area contributed by atoms with Crippen LogP contribution >= 0.6 is 0 Å². The van der Waals surface area contributed by atoms with Crippen LogP contribution in [0, 0.1) is 6.92 Å². The van der Waals surface area contributed by atoms with Crippen molar-refractivity contribution in [2.45, 2.75) is 20.0 Å². The highest BCUT2D eigenvalue weighted by molar-refractivity contribution is 5.39. The zero-order chi connectivity index (χ0) is 10.8. The predicted octanol–water partition coefficient (Wildman–Crippen LogP) is 3.41. The molecule has 0 amide bonds. The fraction of sp³-hybridized carbons (Fsp3) is 0.400. The monoisotopic (exact) mass is 204 g/mol. The molecule has 0 bridgehead atoms. The van der Waals surface area contributed by atoms with Gasteiger partial charge >= 0.3 is 6.18 Å². The van der Waals surface area contributed by atoms with Gasteiger partial charge in [-0.05, 0) is 31.5 Å². The molecule has 0 N–H and O–H groups in total. The maximum atomic E-state index is 12.4. The van der Waals surface area contributed by atoms with E-state index in [4.69, 9.17) is 4.74 Å². The van der Waals surface area contributed by atoms with E-state index in [1.54, 1.807) is 13.8 Å². The topological polar surface area (TPSA) is 9.23 Å². The fourth-order valence-electron chi connectivity index (χ4n) is 1.14. The van der Waals surface area contributed by atoms with Gasteiger partial charge in [0.05, 0.1) is 12.2 Å². The number of benzene rings is 1. The Morgan fingerprint density at radius 1 is 1.29 bits per heavy atom. The molecule has 1 aromatic rings. The Morgan fingerprint density at radius 2 is 1.93 bits per heavy atom. The lowest BCUT2D eigenvalue weighted by Crippen LogP contribution is -2.08. The summed E-state index contributed by atoms with van der Waals surface area (Å²) in [5, 5.41) is 0. The summed E-state index contributed by atoms with van der Waals surface area (Å²) in [4.78, 5) is 0. The Labute approximate surface area is 80.5 Å². The maximum Gasteiger partial charge on any atom is 0.419 e. The Balaban J connectivity index is 3.15. The van der Waals surface area contributed by atoms with Crippen LogP contribution in [-0.4, -0.2) is 6.61 Å². The van der Waals surface area contributed by atoms with Gasteiger partial charge in [0, 0.05) is 0 Å². The van der Waals surface area contributed by atoms with E-state index in [-0.39, 0.29) is 12.4 Å². The Kier molecular flexibility index (Phi) is 3.03. The van der Waals surface area contributed by atoms with Crippen molar-refractivity contribution in [3.8, 4) is 5.75 Å². The lowest BCUT2D eigenvalue weighted by Gasteiger charge is -2.13. The molecule has 0 radical (unpaired) electrons. The van der Waals surface area contributed by atoms with Crippen LogP contribution in [0.15, 0.2) is 18.2 Å².